The molecule has 0 heterocycles. The SMILES string of the molecule is CCCCNC(=O)[C@H](C)N(Cc1ccccc1Cl)C(=O)CN(c1cccc(Br)c1)S(=O)(=O)c1ccc(C)cc1. The summed E-state index contributed by atoms with van der Waals surface area (Å²) in [5.74, 6) is -0.858. The number of halogens is 2. The second-order valence-electron chi connectivity index (χ2n) is 9.24. The Morgan fingerprint density at radius 3 is 2.36 bits per heavy atom. The standard InChI is InChI=1S/C29H33BrClN3O4S/c1-4-5-17-32-29(36)22(3)33(19-23-9-6-7-12-27(23)31)28(35)20-34(25-11-8-10-24(30)18-25)39(37,38)26-15-13-21(2)14-16-26/h6-16,18,22H,4-5,17,19-20H2,1-3H3,(H,32,36)/t22-/m0/s1. The highest BCUT2D eigenvalue weighted by Gasteiger charge is 2.32. The minimum Gasteiger partial charge on any atom is -0.354 e. The molecule has 0 unspecified atom stereocenters. The first kappa shape index (κ1) is 30.7. The minimum absolute atomic E-state index is 0.0395. The van der Waals surface area contributed by atoms with Crippen molar-refractivity contribution in [2.24, 2.45) is 0 Å². The topological polar surface area (TPSA) is 86.8 Å². The molecule has 3 aromatic rings. The summed E-state index contributed by atoms with van der Waals surface area (Å²) in [6, 6.07) is 19.4. The Kier molecular flexibility index (Phi) is 11.0. The average Bonchev–Trinajstić information content (AvgIpc) is 2.91. The monoisotopic (exact) mass is 633 g/mol. The van der Waals surface area contributed by atoms with Gasteiger partial charge in [-0.3, -0.25) is 13.9 Å². The highest BCUT2D eigenvalue weighted by atomic mass is 79.9. The Balaban J connectivity index is 2.01. The second kappa shape index (κ2) is 14.0. The summed E-state index contributed by atoms with van der Waals surface area (Å²) in [4.78, 5) is 28.4. The van der Waals surface area contributed by atoms with Crippen LogP contribution in [0.3, 0.4) is 0 Å². The van der Waals surface area contributed by atoms with Gasteiger partial charge in [-0.15, -0.1) is 0 Å². The van der Waals surface area contributed by atoms with Crippen molar-refractivity contribution >= 4 is 55.1 Å². The van der Waals surface area contributed by atoms with Gasteiger partial charge in [0.1, 0.15) is 12.6 Å². The summed E-state index contributed by atoms with van der Waals surface area (Å²) >= 11 is 9.79. The first-order valence-corrected chi connectivity index (χ1v) is 15.3. The summed E-state index contributed by atoms with van der Waals surface area (Å²) in [7, 11) is -4.12. The third-order valence-electron chi connectivity index (χ3n) is 6.28. The Bertz CT molecular complexity index is 1400. The first-order chi connectivity index (χ1) is 18.5. The zero-order valence-electron chi connectivity index (χ0n) is 22.2. The van der Waals surface area contributed by atoms with Crippen LogP contribution in [0.5, 0.6) is 0 Å². The second-order valence-corrected chi connectivity index (χ2v) is 12.4. The highest BCUT2D eigenvalue weighted by molar-refractivity contribution is 9.10. The number of sulfonamides is 1. The average molecular weight is 635 g/mol. The van der Waals surface area contributed by atoms with Crippen LogP contribution >= 0.6 is 27.5 Å². The summed E-state index contributed by atoms with van der Waals surface area (Å²) in [6.45, 7) is 5.54. The molecule has 0 saturated heterocycles. The van der Waals surface area contributed by atoms with Gasteiger partial charge in [0.25, 0.3) is 10.0 Å². The number of aryl methyl sites for hydroxylation is 1. The van der Waals surface area contributed by atoms with Gasteiger partial charge in [0.2, 0.25) is 11.8 Å². The number of hydrogen-bond acceptors (Lipinski definition) is 4. The predicted octanol–water partition coefficient (Wildman–Crippen LogP) is 5.94. The van der Waals surface area contributed by atoms with E-state index in [1.54, 1.807) is 67.6 Å². The fourth-order valence-electron chi connectivity index (χ4n) is 3.93. The fraction of sp³-hybridized carbons (Fsp3) is 0.310. The third-order valence-corrected chi connectivity index (χ3v) is 8.93. The Hall–Kier alpha value is -2.88. The van der Waals surface area contributed by atoms with E-state index in [2.05, 4.69) is 21.2 Å². The van der Waals surface area contributed by atoms with Crippen molar-refractivity contribution in [1.82, 2.24) is 10.2 Å². The van der Waals surface area contributed by atoms with Crippen molar-refractivity contribution in [3.05, 3.63) is 93.4 Å². The first-order valence-electron chi connectivity index (χ1n) is 12.7. The molecule has 0 fully saturated rings. The van der Waals surface area contributed by atoms with Gasteiger partial charge in [0.05, 0.1) is 10.6 Å². The lowest BCUT2D eigenvalue weighted by atomic mass is 10.1. The molecular weight excluding hydrogens is 602 g/mol. The lowest BCUT2D eigenvalue weighted by Gasteiger charge is -2.32. The Morgan fingerprint density at radius 1 is 1.03 bits per heavy atom. The molecule has 0 saturated carbocycles. The number of anilines is 1. The lowest BCUT2D eigenvalue weighted by molar-refractivity contribution is -0.139. The van der Waals surface area contributed by atoms with E-state index in [4.69, 9.17) is 11.6 Å². The molecule has 208 valence electrons. The Labute approximate surface area is 244 Å². The Morgan fingerprint density at radius 2 is 1.72 bits per heavy atom. The molecule has 0 spiro atoms. The maximum absolute atomic E-state index is 13.9. The molecule has 2 amide bonds. The van der Waals surface area contributed by atoms with Gasteiger partial charge in [0, 0.05) is 22.6 Å². The molecule has 1 N–H and O–H groups in total. The molecule has 1 atom stereocenters. The zero-order valence-corrected chi connectivity index (χ0v) is 25.4. The number of nitrogens with one attached hydrogen (secondary N) is 1. The van der Waals surface area contributed by atoms with Crippen molar-refractivity contribution in [1.29, 1.82) is 0 Å². The molecule has 0 aliphatic carbocycles. The van der Waals surface area contributed by atoms with Gasteiger partial charge < -0.3 is 10.2 Å². The molecule has 0 aliphatic heterocycles. The van der Waals surface area contributed by atoms with Crippen molar-refractivity contribution in [3.8, 4) is 0 Å². The van der Waals surface area contributed by atoms with E-state index < -0.39 is 28.5 Å². The van der Waals surface area contributed by atoms with Crippen LogP contribution in [0.25, 0.3) is 0 Å². The third kappa shape index (κ3) is 8.06. The molecule has 0 radical (unpaired) electrons. The lowest BCUT2D eigenvalue weighted by Crippen LogP contribution is -2.51. The number of unbranched alkanes of at least 4 members (excludes halogenated alkanes) is 1. The fourth-order valence-corrected chi connectivity index (χ4v) is 5.91. The van der Waals surface area contributed by atoms with Crippen molar-refractivity contribution in [3.63, 3.8) is 0 Å². The van der Waals surface area contributed by atoms with Crippen LogP contribution in [0.4, 0.5) is 5.69 Å². The van der Waals surface area contributed by atoms with Crippen LogP contribution < -0.4 is 9.62 Å². The maximum Gasteiger partial charge on any atom is 0.264 e. The predicted molar refractivity (Wildman–Crippen MR) is 159 cm³/mol. The molecule has 3 aromatic carbocycles. The molecule has 0 bridgehead atoms. The van der Waals surface area contributed by atoms with Gasteiger partial charge in [-0.1, -0.05) is 82.8 Å². The van der Waals surface area contributed by atoms with Crippen molar-refractivity contribution in [2.45, 2.75) is 51.1 Å². The van der Waals surface area contributed by atoms with E-state index in [1.165, 1.54) is 17.0 Å². The van der Waals surface area contributed by atoms with E-state index in [0.717, 1.165) is 22.7 Å². The van der Waals surface area contributed by atoms with E-state index in [1.807, 2.05) is 13.8 Å². The van der Waals surface area contributed by atoms with Gasteiger partial charge in [0.15, 0.2) is 0 Å². The van der Waals surface area contributed by atoms with E-state index in [9.17, 15) is 18.0 Å². The van der Waals surface area contributed by atoms with Crippen LogP contribution in [-0.2, 0) is 26.2 Å². The summed E-state index contributed by atoms with van der Waals surface area (Å²) in [6.07, 6.45) is 1.72. The number of nitrogens with zero attached hydrogens (tertiary/aromatic N) is 2. The van der Waals surface area contributed by atoms with Gasteiger partial charge in [-0.05, 0) is 62.2 Å². The van der Waals surface area contributed by atoms with Crippen LogP contribution in [0.1, 0.15) is 37.8 Å². The van der Waals surface area contributed by atoms with E-state index in [-0.39, 0.29) is 17.3 Å². The molecule has 7 nitrogen and oxygen atoms in total. The molecule has 0 aliphatic rings. The molecule has 10 heteroatoms. The minimum atomic E-state index is -4.12. The number of rotatable bonds is 12. The van der Waals surface area contributed by atoms with Gasteiger partial charge >= 0.3 is 0 Å². The maximum atomic E-state index is 13.9. The van der Waals surface area contributed by atoms with Crippen LogP contribution in [-0.4, -0.2) is 44.3 Å². The molecular formula is C29H33BrClN3O4S. The van der Waals surface area contributed by atoms with Gasteiger partial charge in [-0.25, -0.2) is 8.42 Å². The normalized spacial score (nSPS) is 12.0. The zero-order chi connectivity index (χ0) is 28.6. The molecule has 0 aromatic heterocycles. The van der Waals surface area contributed by atoms with E-state index >= 15 is 0 Å². The summed E-state index contributed by atoms with van der Waals surface area (Å²) in [5, 5.41) is 3.32. The number of amides is 2. The number of benzene rings is 3. The van der Waals surface area contributed by atoms with Crippen molar-refractivity contribution in [2.75, 3.05) is 17.4 Å². The number of carbonyl (C=O) groups is 2. The largest absolute Gasteiger partial charge is 0.354 e. The smallest absolute Gasteiger partial charge is 0.264 e. The summed E-state index contributed by atoms with van der Waals surface area (Å²) < 4.78 is 29.4. The van der Waals surface area contributed by atoms with Crippen LogP contribution in [0, 0.1) is 6.92 Å². The quantitative estimate of drug-likeness (QED) is 0.250. The van der Waals surface area contributed by atoms with E-state index in [0.29, 0.717) is 27.3 Å². The van der Waals surface area contributed by atoms with Crippen molar-refractivity contribution < 1.29 is 18.0 Å². The number of carbonyl (C=O) groups excluding carboxylic acids is 2. The molecule has 39 heavy (non-hydrogen) atoms. The van der Waals surface area contributed by atoms with Crippen LogP contribution in [0.2, 0.25) is 5.02 Å². The van der Waals surface area contributed by atoms with Gasteiger partial charge in [-0.2, -0.15) is 0 Å². The molecule has 3 rings (SSSR count). The summed E-state index contributed by atoms with van der Waals surface area (Å²) in [5.41, 5.74) is 1.88. The number of hydrogen-bond donors (Lipinski definition) is 1. The van der Waals surface area contributed by atoms with Crippen LogP contribution in [0.15, 0.2) is 82.2 Å². The highest BCUT2D eigenvalue weighted by Crippen LogP contribution is 2.27.